The molecule has 50 heavy (non-hydrogen) atoms. The highest BCUT2D eigenvalue weighted by atomic mass is 16.6. The summed E-state index contributed by atoms with van der Waals surface area (Å²) < 4.78 is 16.4. The fourth-order valence-electron chi connectivity index (χ4n) is 4.56. The summed E-state index contributed by atoms with van der Waals surface area (Å²) in [5, 5.41) is 0. The average molecular weight is 693 g/mol. The first-order valence-corrected chi connectivity index (χ1v) is 19.2. The van der Waals surface area contributed by atoms with E-state index in [9.17, 15) is 14.4 Å². The van der Waals surface area contributed by atoms with Gasteiger partial charge in [0.15, 0.2) is 6.10 Å². The standard InChI is InChI=1S/C44H68O6/c1-4-7-10-13-16-19-21-23-25-28-31-34-37-43(46)49-40-41(39-48-42(45)36-33-30-27-24-18-15-12-9-6-3)50-44(47)38-35-32-29-26-22-20-17-14-11-8-5-2/h7-12,16-20,24,26,29-30,33,41H,4-6,13-15,21-23,25,27-28,31-32,34-40H2,1-3H3/b10-7-,11-8-,12-9-,19-16-,20-17-,24-18-,29-26-,33-30-. The number of ether oxygens (including phenoxy) is 3. The lowest BCUT2D eigenvalue weighted by Gasteiger charge is -2.18. The number of hydrogen-bond acceptors (Lipinski definition) is 6. The van der Waals surface area contributed by atoms with Crippen LogP contribution in [0.25, 0.3) is 0 Å². The molecule has 0 aliphatic rings. The molecular formula is C44H68O6. The quantitative estimate of drug-likeness (QED) is 0.0302. The molecule has 0 N–H and O–H groups in total. The van der Waals surface area contributed by atoms with Gasteiger partial charge in [-0.2, -0.15) is 0 Å². The van der Waals surface area contributed by atoms with Crippen LogP contribution in [0.4, 0.5) is 0 Å². The normalized spacial score (nSPS) is 13.1. The first-order chi connectivity index (χ1) is 24.5. The van der Waals surface area contributed by atoms with Crippen LogP contribution in [0.3, 0.4) is 0 Å². The van der Waals surface area contributed by atoms with Gasteiger partial charge in [0.25, 0.3) is 0 Å². The second-order valence-corrected chi connectivity index (χ2v) is 12.1. The van der Waals surface area contributed by atoms with Gasteiger partial charge in [-0.25, -0.2) is 0 Å². The highest BCUT2D eigenvalue weighted by molar-refractivity contribution is 5.72. The molecule has 0 saturated heterocycles. The van der Waals surface area contributed by atoms with Crippen molar-refractivity contribution in [3.63, 3.8) is 0 Å². The van der Waals surface area contributed by atoms with Gasteiger partial charge >= 0.3 is 17.9 Å². The number of esters is 3. The summed E-state index contributed by atoms with van der Waals surface area (Å²) in [5.74, 6) is -1.15. The van der Waals surface area contributed by atoms with Gasteiger partial charge in [0.2, 0.25) is 0 Å². The lowest BCUT2D eigenvalue weighted by Crippen LogP contribution is -2.30. The summed E-state index contributed by atoms with van der Waals surface area (Å²) in [6, 6.07) is 0. The Hall–Kier alpha value is -3.67. The zero-order valence-corrected chi connectivity index (χ0v) is 31.6. The second-order valence-electron chi connectivity index (χ2n) is 12.1. The number of rotatable bonds is 32. The van der Waals surface area contributed by atoms with Gasteiger partial charge < -0.3 is 14.2 Å². The molecule has 1 atom stereocenters. The van der Waals surface area contributed by atoms with Crippen molar-refractivity contribution in [3.8, 4) is 0 Å². The number of carbonyl (C=O) groups excluding carboxylic acids is 3. The minimum atomic E-state index is -0.841. The maximum absolute atomic E-state index is 12.6. The Morgan fingerprint density at radius 3 is 1.36 bits per heavy atom. The monoisotopic (exact) mass is 693 g/mol. The summed E-state index contributed by atoms with van der Waals surface area (Å²) in [6.07, 6.45) is 48.7. The minimum Gasteiger partial charge on any atom is -0.462 e. The van der Waals surface area contributed by atoms with Crippen LogP contribution in [-0.2, 0) is 28.6 Å². The molecule has 0 bridgehead atoms. The molecule has 6 nitrogen and oxygen atoms in total. The smallest absolute Gasteiger partial charge is 0.309 e. The summed E-state index contributed by atoms with van der Waals surface area (Å²) in [5.41, 5.74) is 0. The fourth-order valence-corrected chi connectivity index (χ4v) is 4.56. The van der Waals surface area contributed by atoms with Gasteiger partial charge in [0.05, 0.1) is 6.42 Å². The van der Waals surface area contributed by atoms with E-state index in [4.69, 9.17) is 14.2 Å². The molecule has 280 valence electrons. The molecule has 0 spiro atoms. The summed E-state index contributed by atoms with van der Waals surface area (Å²) in [7, 11) is 0. The van der Waals surface area contributed by atoms with E-state index in [1.54, 1.807) is 6.08 Å². The van der Waals surface area contributed by atoms with Crippen LogP contribution in [0.15, 0.2) is 97.2 Å². The Labute approximate surface area is 305 Å². The molecule has 0 rings (SSSR count). The van der Waals surface area contributed by atoms with Crippen molar-refractivity contribution in [1.29, 1.82) is 0 Å². The van der Waals surface area contributed by atoms with E-state index in [-0.39, 0.29) is 32.0 Å². The van der Waals surface area contributed by atoms with E-state index in [1.807, 2.05) is 6.08 Å². The van der Waals surface area contributed by atoms with E-state index in [0.717, 1.165) is 96.3 Å². The fraction of sp³-hybridized carbons (Fsp3) is 0.568. The molecule has 0 aromatic carbocycles. The van der Waals surface area contributed by atoms with Crippen LogP contribution in [-0.4, -0.2) is 37.2 Å². The average Bonchev–Trinajstić information content (AvgIpc) is 3.11. The van der Waals surface area contributed by atoms with Gasteiger partial charge in [0.1, 0.15) is 13.2 Å². The van der Waals surface area contributed by atoms with E-state index in [0.29, 0.717) is 12.8 Å². The summed E-state index contributed by atoms with van der Waals surface area (Å²) in [6.45, 7) is 6.08. The molecule has 0 amide bonds. The SMILES string of the molecule is CC/C=C\C/C=C\C/C=C\CCCC(=O)OC(COC(=O)C/C=C\C/C=C\C/C=C\CC)COC(=O)CCCCCCC/C=C\C/C=C\CC. The van der Waals surface area contributed by atoms with Crippen molar-refractivity contribution in [3.05, 3.63) is 97.2 Å². The van der Waals surface area contributed by atoms with E-state index in [1.165, 1.54) is 0 Å². The molecule has 0 fully saturated rings. The van der Waals surface area contributed by atoms with Crippen molar-refractivity contribution >= 4 is 17.9 Å². The Morgan fingerprint density at radius 2 is 0.820 bits per heavy atom. The van der Waals surface area contributed by atoms with Gasteiger partial charge in [0, 0.05) is 12.8 Å². The van der Waals surface area contributed by atoms with Crippen molar-refractivity contribution < 1.29 is 28.6 Å². The van der Waals surface area contributed by atoms with Gasteiger partial charge in [-0.05, 0) is 83.5 Å². The predicted octanol–water partition coefficient (Wildman–Crippen LogP) is 11.9. The Bertz CT molecular complexity index is 1070. The van der Waals surface area contributed by atoms with Gasteiger partial charge in [-0.3, -0.25) is 14.4 Å². The van der Waals surface area contributed by atoms with Crippen LogP contribution in [0.5, 0.6) is 0 Å². The molecule has 0 aliphatic carbocycles. The van der Waals surface area contributed by atoms with Crippen LogP contribution in [0, 0.1) is 0 Å². The third kappa shape index (κ3) is 35.6. The topological polar surface area (TPSA) is 78.9 Å². The van der Waals surface area contributed by atoms with E-state index in [2.05, 4.69) is 106 Å². The molecule has 0 heterocycles. The van der Waals surface area contributed by atoms with Crippen molar-refractivity contribution in [2.75, 3.05) is 13.2 Å². The van der Waals surface area contributed by atoms with Crippen molar-refractivity contribution in [1.82, 2.24) is 0 Å². The zero-order valence-electron chi connectivity index (χ0n) is 31.6. The zero-order chi connectivity index (χ0) is 36.6. The Morgan fingerprint density at radius 1 is 0.420 bits per heavy atom. The number of allylic oxidation sites excluding steroid dienone is 15. The Kier molecular flexibility index (Phi) is 35.3. The third-order valence-corrected chi connectivity index (χ3v) is 7.35. The number of hydrogen-bond donors (Lipinski definition) is 0. The van der Waals surface area contributed by atoms with E-state index < -0.39 is 18.0 Å². The molecular weight excluding hydrogens is 624 g/mol. The highest BCUT2D eigenvalue weighted by Gasteiger charge is 2.19. The number of carbonyl (C=O) groups is 3. The largest absolute Gasteiger partial charge is 0.462 e. The molecule has 0 saturated carbocycles. The maximum atomic E-state index is 12.6. The van der Waals surface area contributed by atoms with Gasteiger partial charge in [-0.1, -0.05) is 137 Å². The maximum Gasteiger partial charge on any atom is 0.309 e. The van der Waals surface area contributed by atoms with Crippen molar-refractivity contribution in [2.24, 2.45) is 0 Å². The minimum absolute atomic E-state index is 0.119. The molecule has 0 radical (unpaired) electrons. The number of unbranched alkanes of at least 4 members (excludes halogenated alkanes) is 6. The molecule has 0 aliphatic heterocycles. The predicted molar refractivity (Wildman–Crippen MR) is 210 cm³/mol. The van der Waals surface area contributed by atoms with Crippen LogP contribution < -0.4 is 0 Å². The van der Waals surface area contributed by atoms with Crippen LogP contribution in [0.2, 0.25) is 0 Å². The third-order valence-electron chi connectivity index (χ3n) is 7.35. The first kappa shape index (κ1) is 46.3. The van der Waals surface area contributed by atoms with Crippen molar-refractivity contribution in [2.45, 2.75) is 149 Å². The van der Waals surface area contributed by atoms with E-state index >= 15 is 0 Å². The summed E-state index contributed by atoms with van der Waals surface area (Å²) in [4.78, 5) is 37.3. The van der Waals surface area contributed by atoms with Crippen LogP contribution >= 0.6 is 0 Å². The molecule has 0 aromatic rings. The molecule has 1 unspecified atom stereocenters. The summed E-state index contributed by atoms with van der Waals surface area (Å²) >= 11 is 0. The highest BCUT2D eigenvalue weighted by Crippen LogP contribution is 2.10. The Balaban J connectivity index is 4.59. The van der Waals surface area contributed by atoms with Gasteiger partial charge in [-0.15, -0.1) is 0 Å². The second kappa shape index (κ2) is 38.1. The lowest BCUT2D eigenvalue weighted by atomic mass is 10.1. The van der Waals surface area contributed by atoms with Crippen LogP contribution in [0.1, 0.15) is 143 Å². The molecule has 0 aromatic heterocycles. The lowest BCUT2D eigenvalue weighted by molar-refractivity contribution is -0.166. The molecule has 6 heteroatoms. The first-order valence-electron chi connectivity index (χ1n) is 19.2.